The topological polar surface area (TPSA) is 109 Å². The number of hydrogen-bond donors (Lipinski definition) is 2. The molecule has 0 radical (unpaired) electrons. The first-order chi connectivity index (χ1) is 15.9. The van der Waals surface area contributed by atoms with Gasteiger partial charge in [-0.1, -0.05) is 54.6 Å². The summed E-state index contributed by atoms with van der Waals surface area (Å²) in [5.41, 5.74) is 14.8. The molecule has 1 saturated carbocycles. The van der Waals surface area contributed by atoms with Crippen LogP contribution in [-0.4, -0.2) is 13.0 Å². The number of primary amides is 1. The van der Waals surface area contributed by atoms with Crippen molar-refractivity contribution >= 4 is 16.9 Å². The van der Waals surface area contributed by atoms with Crippen LogP contribution in [0.1, 0.15) is 35.2 Å². The van der Waals surface area contributed by atoms with Gasteiger partial charge in [0.1, 0.15) is 17.1 Å². The number of nitrogens with two attached hydrogens (primary N) is 2. The molecule has 6 nitrogen and oxygen atoms in total. The lowest BCUT2D eigenvalue weighted by Crippen LogP contribution is -2.43. The van der Waals surface area contributed by atoms with Crippen molar-refractivity contribution < 1.29 is 13.9 Å². The number of carbonyl (C=O) groups excluding carboxylic acids is 1. The van der Waals surface area contributed by atoms with Crippen molar-refractivity contribution in [2.24, 2.45) is 11.5 Å². The van der Waals surface area contributed by atoms with Crippen LogP contribution in [0, 0.1) is 0 Å². The van der Waals surface area contributed by atoms with Crippen LogP contribution in [0.4, 0.5) is 0 Å². The van der Waals surface area contributed by atoms with E-state index in [1.165, 1.54) is 19.2 Å². The van der Waals surface area contributed by atoms with Gasteiger partial charge in [0.05, 0.1) is 23.6 Å². The normalized spacial score (nSPS) is 14.6. The molecule has 0 unspecified atom stereocenters. The van der Waals surface area contributed by atoms with Crippen LogP contribution in [-0.2, 0) is 5.54 Å². The van der Waals surface area contributed by atoms with Gasteiger partial charge in [0, 0.05) is 17.2 Å². The van der Waals surface area contributed by atoms with Crippen LogP contribution in [0.2, 0.25) is 0 Å². The van der Waals surface area contributed by atoms with Crippen LogP contribution in [0.25, 0.3) is 33.4 Å². The van der Waals surface area contributed by atoms with E-state index in [9.17, 15) is 9.59 Å². The van der Waals surface area contributed by atoms with Gasteiger partial charge in [-0.25, -0.2) is 0 Å². The summed E-state index contributed by atoms with van der Waals surface area (Å²) in [7, 11) is 1.44. The molecule has 0 saturated heterocycles. The molecule has 1 heterocycles. The van der Waals surface area contributed by atoms with Crippen molar-refractivity contribution in [1.82, 2.24) is 0 Å². The lowest BCUT2D eigenvalue weighted by atomic mass is 9.72. The summed E-state index contributed by atoms with van der Waals surface area (Å²) in [6, 6.07) is 20.2. The SMILES string of the molecule is COc1cc2oc(-c3ccccc3)c(-c3ccc(C4(N)CCC4)cc3)c(=O)c2cc1C(N)=O. The summed E-state index contributed by atoms with van der Waals surface area (Å²) in [5.74, 6) is 0.0174. The van der Waals surface area contributed by atoms with Crippen LogP contribution in [0.5, 0.6) is 5.75 Å². The minimum Gasteiger partial charge on any atom is -0.496 e. The maximum Gasteiger partial charge on any atom is 0.252 e. The molecule has 5 rings (SSSR count). The first-order valence-corrected chi connectivity index (χ1v) is 10.9. The van der Waals surface area contributed by atoms with Gasteiger partial charge in [-0.15, -0.1) is 0 Å². The molecule has 1 aliphatic carbocycles. The van der Waals surface area contributed by atoms with Crippen LogP contribution in [0.15, 0.2) is 75.9 Å². The zero-order valence-corrected chi connectivity index (χ0v) is 18.3. The van der Waals surface area contributed by atoms with E-state index in [1.54, 1.807) is 0 Å². The Hall–Kier alpha value is -3.90. The molecule has 0 atom stereocenters. The molecule has 0 aliphatic heterocycles. The predicted octanol–water partition coefficient (Wildman–Crippen LogP) is 4.57. The molecule has 33 heavy (non-hydrogen) atoms. The molecule has 4 N–H and O–H groups in total. The molecular formula is C27H24N2O4. The fourth-order valence-corrected chi connectivity index (χ4v) is 4.45. The number of methoxy groups -OCH3 is 1. The van der Waals surface area contributed by atoms with Crippen molar-refractivity contribution in [3.8, 4) is 28.2 Å². The third kappa shape index (κ3) is 3.49. The standard InChI is InChI=1S/C27H24N2O4/c1-32-21-15-22-19(14-20(21)26(28)31)24(30)23(25(33-22)17-6-3-2-4-7-17)16-8-10-18(11-9-16)27(29)12-5-13-27/h2-4,6-11,14-15H,5,12-13,29H2,1H3,(H2,28,31). The number of fused-ring (bicyclic) bond motifs is 1. The van der Waals surface area contributed by atoms with Gasteiger partial charge < -0.3 is 20.6 Å². The number of hydrogen-bond acceptors (Lipinski definition) is 5. The Morgan fingerprint density at radius 2 is 1.70 bits per heavy atom. The molecule has 0 bridgehead atoms. The summed E-state index contributed by atoms with van der Waals surface area (Å²) in [6.07, 6.45) is 3.03. The highest BCUT2D eigenvalue weighted by Crippen LogP contribution is 2.40. The summed E-state index contributed by atoms with van der Waals surface area (Å²) in [6.45, 7) is 0. The van der Waals surface area contributed by atoms with E-state index >= 15 is 0 Å². The summed E-state index contributed by atoms with van der Waals surface area (Å²) < 4.78 is 11.6. The van der Waals surface area contributed by atoms with Crippen LogP contribution < -0.4 is 21.6 Å². The second-order valence-corrected chi connectivity index (χ2v) is 8.50. The molecule has 3 aromatic carbocycles. The first kappa shape index (κ1) is 21.0. The third-order valence-corrected chi connectivity index (χ3v) is 6.51. The first-order valence-electron chi connectivity index (χ1n) is 10.9. The molecule has 1 aromatic heterocycles. The molecule has 166 valence electrons. The van der Waals surface area contributed by atoms with E-state index in [-0.39, 0.29) is 27.7 Å². The van der Waals surface area contributed by atoms with Crippen molar-refractivity contribution in [2.45, 2.75) is 24.8 Å². The minimum absolute atomic E-state index is 0.126. The number of benzene rings is 3. The quantitative estimate of drug-likeness (QED) is 0.472. The fourth-order valence-electron chi connectivity index (χ4n) is 4.45. The van der Waals surface area contributed by atoms with Crippen LogP contribution in [0.3, 0.4) is 0 Å². The largest absolute Gasteiger partial charge is 0.496 e. The van der Waals surface area contributed by atoms with Gasteiger partial charge in [-0.3, -0.25) is 9.59 Å². The zero-order valence-electron chi connectivity index (χ0n) is 18.3. The molecular weight excluding hydrogens is 416 g/mol. The van der Waals surface area contributed by atoms with Crippen molar-refractivity contribution in [1.29, 1.82) is 0 Å². The predicted molar refractivity (Wildman–Crippen MR) is 128 cm³/mol. The van der Waals surface area contributed by atoms with Gasteiger partial charge in [0.15, 0.2) is 0 Å². The molecule has 1 amide bonds. The maximum atomic E-state index is 13.8. The number of rotatable bonds is 5. The Bertz CT molecular complexity index is 1420. The average Bonchev–Trinajstić information content (AvgIpc) is 2.82. The maximum absolute atomic E-state index is 13.8. The van der Waals surface area contributed by atoms with Crippen molar-refractivity contribution in [2.75, 3.05) is 7.11 Å². The summed E-state index contributed by atoms with van der Waals surface area (Å²) in [5, 5.41) is 0.262. The van der Waals surface area contributed by atoms with Gasteiger partial charge >= 0.3 is 0 Å². The van der Waals surface area contributed by atoms with E-state index in [1.807, 2.05) is 54.6 Å². The van der Waals surface area contributed by atoms with Gasteiger partial charge in [0.2, 0.25) is 5.43 Å². The monoisotopic (exact) mass is 440 g/mol. The van der Waals surface area contributed by atoms with E-state index in [4.69, 9.17) is 20.6 Å². The van der Waals surface area contributed by atoms with E-state index in [0.717, 1.165) is 30.4 Å². The molecule has 1 fully saturated rings. The summed E-state index contributed by atoms with van der Waals surface area (Å²) >= 11 is 0. The second kappa shape index (κ2) is 7.90. The molecule has 1 aliphatic rings. The Morgan fingerprint density at radius 3 is 2.27 bits per heavy atom. The highest BCUT2D eigenvalue weighted by molar-refractivity contribution is 6.01. The van der Waals surface area contributed by atoms with Crippen molar-refractivity contribution in [3.05, 3.63) is 88.1 Å². The zero-order chi connectivity index (χ0) is 23.2. The van der Waals surface area contributed by atoms with E-state index in [0.29, 0.717) is 22.5 Å². The Balaban J connectivity index is 1.78. The Kier molecular flexibility index (Phi) is 5.02. The van der Waals surface area contributed by atoms with Gasteiger partial charge in [-0.2, -0.15) is 0 Å². The van der Waals surface area contributed by atoms with E-state index in [2.05, 4.69) is 0 Å². The van der Waals surface area contributed by atoms with Crippen molar-refractivity contribution in [3.63, 3.8) is 0 Å². The van der Waals surface area contributed by atoms with Gasteiger partial charge in [-0.05, 0) is 36.5 Å². The number of ether oxygens (including phenoxy) is 1. The molecule has 0 spiro atoms. The smallest absolute Gasteiger partial charge is 0.252 e. The highest BCUT2D eigenvalue weighted by Gasteiger charge is 2.34. The number of amides is 1. The second-order valence-electron chi connectivity index (χ2n) is 8.50. The number of carbonyl (C=O) groups is 1. The fraction of sp³-hybridized carbons (Fsp3) is 0.185. The average molecular weight is 440 g/mol. The van der Waals surface area contributed by atoms with Crippen LogP contribution >= 0.6 is 0 Å². The van der Waals surface area contributed by atoms with Gasteiger partial charge in [0.25, 0.3) is 5.91 Å². The highest BCUT2D eigenvalue weighted by atomic mass is 16.5. The summed E-state index contributed by atoms with van der Waals surface area (Å²) in [4.78, 5) is 25.7. The molecule has 6 heteroatoms. The lowest BCUT2D eigenvalue weighted by molar-refractivity contribution is 0.0997. The third-order valence-electron chi connectivity index (χ3n) is 6.51. The lowest BCUT2D eigenvalue weighted by Gasteiger charge is -2.38. The minimum atomic E-state index is -0.681. The Morgan fingerprint density at radius 1 is 1.00 bits per heavy atom. The Labute approximate surface area is 190 Å². The van der Waals surface area contributed by atoms with E-state index < -0.39 is 5.91 Å². The molecule has 4 aromatic rings.